The summed E-state index contributed by atoms with van der Waals surface area (Å²) in [6.45, 7) is 0.418. The molecule has 2 atom stereocenters. The number of piperidine rings is 1. The summed E-state index contributed by atoms with van der Waals surface area (Å²) in [6.07, 6.45) is -0.455. The van der Waals surface area contributed by atoms with Crippen molar-refractivity contribution in [2.24, 2.45) is 0 Å². The smallest absolute Gasteiger partial charge is 0.416 e. The van der Waals surface area contributed by atoms with Crippen LogP contribution in [-0.4, -0.2) is 50.0 Å². The Bertz CT molecular complexity index is 1130. The van der Waals surface area contributed by atoms with E-state index < -0.39 is 29.5 Å². The third-order valence-corrected chi connectivity index (χ3v) is 5.21. The molecule has 1 aliphatic heterocycles. The summed E-state index contributed by atoms with van der Waals surface area (Å²) in [4.78, 5) is 15.2. The van der Waals surface area contributed by atoms with Crippen LogP contribution in [0.4, 0.5) is 19.0 Å². The molecule has 4 rings (SSSR count). The maximum absolute atomic E-state index is 12.9. The van der Waals surface area contributed by atoms with Gasteiger partial charge in [0, 0.05) is 41.3 Å². The lowest BCUT2D eigenvalue weighted by Gasteiger charge is -2.28. The van der Waals surface area contributed by atoms with Crippen LogP contribution < -0.4 is 10.6 Å². The Kier molecular flexibility index (Phi) is 5.36. The van der Waals surface area contributed by atoms with E-state index >= 15 is 0 Å². The predicted octanol–water partition coefficient (Wildman–Crippen LogP) is 3.03. The van der Waals surface area contributed by atoms with Crippen LogP contribution in [0.15, 0.2) is 36.7 Å². The van der Waals surface area contributed by atoms with Gasteiger partial charge in [-0.25, -0.2) is 0 Å². The van der Waals surface area contributed by atoms with Gasteiger partial charge >= 0.3 is 12.1 Å². The topological polar surface area (TPSA) is 120 Å². The van der Waals surface area contributed by atoms with Crippen LogP contribution in [0.25, 0.3) is 22.0 Å². The van der Waals surface area contributed by atoms with Gasteiger partial charge in [-0.15, -0.1) is 10.2 Å². The van der Waals surface area contributed by atoms with E-state index in [-0.39, 0.29) is 17.3 Å². The molecule has 0 amide bonds. The molecule has 3 heterocycles. The van der Waals surface area contributed by atoms with Gasteiger partial charge in [-0.2, -0.15) is 13.2 Å². The Morgan fingerprint density at radius 1 is 1.16 bits per heavy atom. The van der Waals surface area contributed by atoms with Gasteiger partial charge in [0.1, 0.15) is 17.5 Å². The molecule has 0 bridgehead atoms. The fourth-order valence-corrected chi connectivity index (χ4v) is 3.60. The summed E-state index contributed by atoms with van der Waals surface area (Å²) in [5.41, 5.74) is -0.621. The predicted molar refractivity (Wildman–Crippen MR) is 106 cm³/mol. The third-order valence-electron chi connectivity index (χ3n) is 5.21. The lowest BCUT2D eigenvalue weighted by molar-refractivity contribution is -0.140. The summed E-state index contributed by atoms with van der Waals surface area (Å²) < 4.78 is 38.7. The summed E-state index contributed by atoms with van der Waals surface area (Å²) >= 11 is 0. The molecular weight excluding hydrogens is 415 g/mol. The second kappa shape index (κ2) is 7.99. The normalized spacial score (nSPS) is 19.3. The van der Waals surface area contributed by atoms with Gasteiger partial charge in [0.25, 0.3) is 0 Å². The molecule has 0 saturated carbocycles. The number of anilines is 1. The number of nitrogens with zero attached hydrogens (tertiary/aromatic N) is 3. The molecular formula is C20H18F3N5O3. The number of carbonyl (C=O) groups is 1. The van der Waals surface area contributed by atoms with Crippen LogP contribution in [0.1, 0.15) is 18.4 Å². The molecule has 2 aromatic heterocycles. The minimum atomic E-state index is -4.57. The monoisotopic (exact) mass is 433 g/mol. The van der Waals surface area contributed by atoms with Crippen LogP contribution in [-0.2, 0) is 11.0 Å². The number of aromatic hydroxyl groups is 1. The van der Waals surface area contributed by atoms with E-state index in [0.717, 1.165) is 12.1 Å². The SMILES string of the molecule is O=C(O)[C@@H]1CC[C@@H](Nc2nnc(-c3ccc(C(F)(F)F)cc3O)c3ccncc23)CN1. The number of hydrogen-bond donors (Lipinski definition) is 4. The zero-order valence-corrected chi connectivity index (χ0v) is 16.0. The second-order valence-electron chi connectivity index (χ2n) is 7.27. The molecule has 11 heteroatoms. The molecule has 3 aromatic rings. The number of alkyl halides is 3. The lowest BCUT2D eigenvalue weighted by atomic mass is 10.00. The molecule has 0 spiro atoms. The van der Waals surface area contributed by atoms with Crippen LogP contribution in [0.3, 0.4) is 0 Å². The minimum absolute atomic E-state index is 0.0846. The number of nitrogens with one attached hydrogen (secondary N) is 2. The largest absolute Gasteiger partial charge is 0.507 e. The Morgan fingerprint density at radius 2 is 1.97 bits per heavy atom. The molecule has 8 nitrogen and oxygen atoms in total. The second-order valence-corrected chi connectivity index (χ2v) is 7.27. The maximum atomic E-state index is 12.9. The van der Waals surface area contributed by atoms with Gasteiger partial charge in [0.05, 0.1) is 5.56 Å². The highest BCUT2D eigenvalue weighted by Crippen LogP contribution is 2.38. The standard InChI is InChI=1S/C20H18F3N5O3/c21-20(22,23)10-1-3-13(16(29)7-10)17-12-5-6-24-9-14(12)18(28-27-17)26-11-2-4-15(19(30)31)25-8-11/h1,3,5-7,9,11,15,25,29H,2,4,8H2,(H,26,28)(H,30,31)/t11-,15+/m1/s1. The van der Waals surface area contributed by atoms with Crippen molar-refractivity contribution in [2.45, 2.75) is 31.1 Å². The number of carboxylic acid groups (broad SMARTS) is 1. The average Bonchev–Trinajstić information content (AvgIpc) is 2.74. The number of hydrogen-bond acceptors (Lipinski definition) is 7. The first kappa shape index (κ1) is 20.8. The number of aliphatic carboxylic acids is 1. The maximum Gasteiger partial charge on any atom is 0.416 e. The molecule has 1 aliphatic rings. The minimum Gasteiger partial charge on any atom is -0.507 e. The van der Waals surface area contributed by atoms with Gasteiger partial charge in [-0.3, -0.25) is 9.78 Å². The molecule has 0 aliphatic carbocycles. The van der Waals surface area contributed by atoms with E-state index in [9.17, 15) is 23.1 Å². The zero-order chi connectivity index (χ0) is 22.2. The van der Waals surface area contributed by atoms with Crippen LogP contribution in [0.5, 0.6) is 5.75 Å². The first-order chi connectivity index (χ1) is 14.7. The summed E-state index contributed by atoms with van der Waals surface area (Å²) in [5.74, 6) is -1.04. The van der Waals surface area contributed by atoms with Gasteiger partial charge < -0.3 is 20.8 Å². The van der Waals surface area contributed by atoms with Gasteiger partial charge in [-0.1, -0.05) is 0 Å². The number of phenols is 1. The molecule has 1 aromatic carbocycles. The van der Waals surface area contributed by atoms with E-state index in [1.54, 1.807) is 12.3 Å². The van der Waals surface area contributed by atoms with Crippen LogP contribution >= 0.6 is 0 Å². The summed E-state index contributed by atoms with van der Waals surface area (Å²) in [6, 6.07) is 3.66. The van der Waals surface area contributed by atoms with Crippen molar-refractivity contribution >= 4 is 22.6 Å². The van der Waals surface area contributed by atoms with Gasteiger partial charge in [0.15, 0.2) is 5.82 Å². The quantitative estimate of drug-likeness (QED) is 0.496. The highest BCUT2D eigenvalue weighted by molar-refractivity contribution is 6.00. The number of aromatic nitrogens is 3. The summed E-state index contributed by atoms with van der Waals surface area (Å²) in [7, 11) is 0. The van der Waals surface area contributed by atoms with E-state index in [4.69, 9.17) is 5.11 Å². The van der Waals surface area contributed by atoms with E-state index in [1.165, 1.54) is 6.20 Å². The molecule has 4 N–H and O–H groups in total. The summed E-state index contributed by atoms with van der Waals surface area (Å²) in [5, 5.41) is 34.9. The lowest BCUT2D eigenvalue weighted by Crippen LogP contribution is -2.48. The van der Waals surface area contributed by atoms with Crippen molar-refractivity contribution in [3.8, 4) is 17.0 Å². The Balaban J connectivity index is 1.66. The van der Waals surface area contributed by atoms with Crippen molar-refractivity contribution in [2.75, 3.05) is 11.9 Å². The molecule has 1 fully saturated rings. The van der Waals surface area contributed by atoms with Crippen molar-refractivity contribution in [1.29, 1.82) is 0 Å². The molecule has 162 valence electrons. The van der Waals surface area contributed by atoms with E-state index in [0.29, 0.717) is 42.0 Å². The number of phenolic OH excluding ortho intramolecular Hbond substituents is 1. The Hall–Kier alpha value is -3.47. The number of fused-ring (bicyclic) bond motifs is 1. The van der Waals surface area contributed by atoms with E-state index in [1.807, 2.05) is 0 Å². The third kappa shape index (κ3) is 4.22. The fraction of sp³-hybridized carbons (Fsp3) is 0.300. The Labute approximate surface area is 174 Å². The van der Waals surface area contributed by atoms with Crippen molar-refractivity contribution in [3.05, 3.63) is 42.2 Å². The zero-order valence-electron chi connectivity index (χ0n) is 16.0. The molecule has 0 radical (unpaired) electrons. The van der Waals surface area contributed by atoms with Crippen LogP contribution in [0.2, 0.25) is 0 Å². The first-order valence-corrected chi connectivity index (χ1v) is 9.47. The van der Waals surface area contributed by atoms with Crippen molar-refractivity contribution in [1.82, 2.24) is 20.5 Å². The van der Waals surface area contributed by atoms with Crippen molar-refractivity contribution < 1.29 is 28.2 Å². The van der Waals surface area contributed by atoms with Gasteiger partial charge in [-0.05, 0) is 37.1 Å². The van der Waals surface area contributed by atoms with Crippen molar-refractivity contribution in [3.63, 3.8) is 0 Å². The molecule has 31 heavy (non-hydrogen) atoms. The number of rotatable bonds is 4. The molecule has 0 unspecified atom stereocenters. The number of pyridine rings is 1. The van der Waals surface area contributed by atoms with Gasteiger partial charge in [0.2, 0.25) is 0 Å². The average molecular weight is 433 g/mol. The highest BCUT2D eigenvalue weighted by atomic mass is 19.4. The highest BCUT2D eigenvalue weighted by Gasteiger charge is 2.31. The number of benzene rings is 1. The first-order valence-electron chi connectivity index (χ1n) is 9.47. The Morgan fingerprint density at radius 3 is 2.61 bits per heavy atom. The molecule has 1 saturated heterocycles. The van der Waals surface area contributed by atoms with Crippen LogP contribution in [0, 0.1) is 0 Å². The fourth-order valence-electron chi connectivity index (χ4n) is 3.60. The van der Waals surface area contributed by atoms with E-state index in [2.05, 4.69) is 25.8 Å². The number of carboxylic acids is 1. The number of halogens is 3.